The fraction of sp³-hybridized carbons (Fsp3) is 0.545. The molecule has 3 atom stereocenters. The first-order chi connectivity index (χ1) is 13.5. The van der Waals surface area contributed by atoms with Gasteiger partial charge in [0.2, 0.25) is 5.91 Å². The summed E-state index contributed by atoms with van der Waals surface area (Å²) < 4.78 is 7.28. The first-order valence-electron chi connectivity index (χ1n) is 10.1. The van der Waals surface area contributed by atoms with Gasteiger partial charge in [-0.25, -0.2) is 0 Å². The average molecular weight is 383 g/mol. The van der Waals surface area contributed by atoms with Gasteiger partial charge in [-0.3, -0.25) is 9.48 Å². The molecule has 150 valence electrons. The van der Waals surface area contributed by atoms with Gasteiger partial charge in [0.1, 0.15) is 5.75 Å². The molecule has 2 aromatic rings. The second-order valence-corrected chi connectivity index (χ2v) is 8.21. The molecule has 0 unspecified atom stereocenters. The highest BCUT2D eigenvalue weighted by molar-refractivity contribution is 5.79. The molecule has 0 radical (unpaired) electrons. The van der Waals surface area contributed by atoms with Gasteiger partial charge in [0, 0.05) is 50.3 Å². The van der Waals surface area contributed by atoms with E-state index in [1.807, 2.05) is 35.9 Å². The number of nitrogens with one attached hydrogen (secondary N) is 1. The van der Waals surface area contributed by atoms with Crippen LogP contribution in [0.5, 0.6) is 5.75 Å². The number of carbonyl (C=O) groups excluding carboxylic acids is 1. The third kappa shape index (κ3) is 3.41. The Labute approximate surface area is 166 Å². The Morgan fingerprint density at radius 3 is 2.79 bits per heavy atom. The van der Waals surface area contributed by atoms with E-state index in [1.165, 1.54) is 16.7 Å². The van der Waals surface area contributed by atoms with Crippen molar-refractivity contribution in [1.29, 1.82) is 0 Å². The number of benzene rings is 1. The summed E-state index contributed by atoms with van der Waals surface area (Å²) in [5.41, 5.74) is 5.11. The summed E-state index contributed by atoms with van der Waals surface area (Å²) in [5, 5.41) is 8.15. The zero-order valence-electron chi connectivity index (χ0n) is 17.2. The third-order valence-electron chi connectivity index (χ3n) is 6.60. The lowest BCUT2D eigenvalue weighted by molar-refractivity contribution is -0.127. The van der Waals surface area contributed by atoms with Crippen molar-refractivity contribution in [2.75, 3.05) is 20.7 Å². The van der Waals surface area contributed by atoms with Crippen molar-refractivity contribution < 1.29 is 9.53 Å². The molecule has 6 nitrogen and oxygen atoms in total. The molecule has 0 spiro atoms. The number of hydrogen-bond acceptors (Lipinski definition) is 4. The Morgan fingerprint density at radius 2 is 2.07 bits per heavy atom. The highest BCUT2D eigenvalue weighted by atomic mass is 16.5. The van der Waals surface area contributed by atoms with E-state index in [4.69, 9.17) is 4.74 Å². The van der Waals surface area contributed by atoms with E-state index >= 15 is 0 Å². The number of methoxy groups -OCH3 is 1. The zero-order valence-corrected chi connectivity index (χ0v) is 17.2. The first-order valence-corrected chi connectivity index (χ1v) is 10.1. The van der Waals surface area contributed by atoms with E-state index < -0.39 is 0 Å². The molecule has 6 heteroatoms. The summed E-state index contributed by atoms with van der Waals surface area (Å²) in [4.78, 5) is 14.3. The van der Waals surface area contributed by atoms with E-state index in [-0.39, 0.29) is 17.9 Å². The molecule has 1 aliphatic carbocycles. The van der Waals surface area contributed by atoms with Gasteiger partial charge in [-0.05, 0) is 49.4 Å². The Kier molecular flexibility index (Phi) is 5.15. The molecule has 28 heavy (non-hydrogen) atoms. The van der Waals surface area contributed by atoms with Crippen molar-refractivity contribution in [2.24, 2.45) is 13.0 Å². The van der Waals surface area contributed by atoms with Crippen molar-refractivity contribution in [3.8, 4) is 5.75 Å². The maximum Gasteiger partial charge on any atom is 0.223 e. The standard InChI is InChI=1S/C22H30N4O2/c1-14-20(13-24-26(14)3)22-17(11-21(27)25(22)2)12-23-18-7-5-15-6-8-19(28-4)10-16(15)9-18/h6,8,10,13,17-18,22-23H,5,7,9,11-12H2,1-4H3/t17-,18-,22+/m0/s1. The predicted molar refractivity (Wildman–Crippen MR) is 108 cm³/mol. The zero-order chi connectivity index (χ0) is 19.8. The van der Waals surface area contributed by atoms with Crippen molar-refractivity contribution >= 4 is 5.91 Å². The molecule has 1 saturated heterocycles. The van der Waals surface area contributed by atoms with Gasteiger partial charge in [-0.1, -0.05) is 6.07 Å². The number of hydrogen-bond donors (Lipinski definition) is 1. The van der Waals surface area contributed by atoms with Crippen LogP contribution in [0.15, 0.2) is 24.4 Å². The number of nitrogens with zero attached hydrogens (tertiary/aromatic N) is 3. The smallest absolute Gasteiger partial charge is 0.223 e. The fourth-order valence-electron chi connectivity index (χ4n) is 4.76. The van der Waals surface area contributed by atoms with Crippen molar-refractivity contribution in [1.82, 2.24) is 20.0 Å². The van der Waals surface area contributed by atoms with Crippen LogP contribution in [0.3, 0.4) is 0 Å². The van der Waals surface area contributed by atoms with Gasteiger partial charge in [0.15, 0.2) is 0 Å². The second-order valence-electron chi connectivity index (χ2n) is 8.21. The molecule has 1 aromatic heterocycles. The summed E-state index contributed by atoms with van der Waals surface area (Å²) in [6.45, 7) is 2.92. The van der Waals surface area contributed by atoms with Gasteiger partial charge >= 0.3 is 0 Å². The number of aromatic nitrogens is 2. The lowest BCUT2D eigenvalue weighted by atomic mass is 9.87. The minimum atomic E-state index is 0.102. The quantitative estimate of drug-likeness (QED) is 0.863. The molecule has 1 fully saturated rings. The molecular weight excluding hydrogens is 352 g/mol. The van der Waals surface area contributed by atoms with Gasteiger partial charge in [-0.2, -0.15) is 5.10 Å². The lowest BCUT2D eigenvalue weighted by Gasteiger charge is -2.29. The van der Waals surface area contributed by atoms with Gasteiger partial charge in [0.05, 0.1) is 19.3 Å². The predicted octanol–water partition coefficient (Wildman–Crippen LogP) is 2.40. The first kappa shape index (κ1) is 19.0. The topological polar surface area (TPSA) is 59.4 Å². The van der Waals surface area contributed by atoms with Crippen LogP contribution in [0.4, 0.5) is 0 Å². The molecular formula is C22H30N4O2. The average Bonchev–Trinajstić information content (AvgIpc) is 3.17. The molecule has 0 saturated carbocycles. The Balaban J connectivity index is 1.45. The molecule has 2 heterocycles. The van der Waals surface area contributed by atoms with E-state index in [0.29, 0.717) is 12.5 Å². The summed E-state index contributed by atoms with van der Waals surface area (Å²) in [7, 11) is 5.59. The second kappa shape index (κ2) is 7.59. The van der Waals surface area contributed by atoms with Crippen LogP contribution in [0.1, 0.15) is 41.3 Å². The van der Waals surface area contributed by atoms with Crippen molar-refractivity contribution in [2.45, 2.75) is 44.7 Å². The van der Waals surface area contributed by atoms with E-state index in [0.717, 1.165) is 37.3 Å². The molecule has 1 aliphatic heterocycles. The van der Waals surface area contributed by atoms with Gasteiger partial charge in [0.25, 0.3) is 0 Å². The van der Waals surface area contributed by atoms with Crippen molar-refractivity contribution in [3.05, 3.63) is 46.8 Å². The van der Waals surface area contributed by atoms with Crippen LogP contribution in [-0.2, 0) is 24.7 Å². The van der Waals surface area contributed by atoms with Crippen LogP contribution < -0.4 is 10.1 Å². The fourth-order valence-corrected chi connectivity index (χ4v) is 4.76. The van der Waals surface area contributed by atoms with Gasteiger partial charge in [-0.15, -0.1) is 0 Å². The van der Waals surface area contributed by atoms with Crippen LogP contribution >= 0.6 is 0 Å². The normalized spacial score (nSPS) is 24.5. The van der Waals surface area contributed by atoms with E-state index in [1.54, 1.807) is 7.11 Å². The van der Waals surface area contributed by atoms with Crippen LogP contribution in [0.2, 0.25) is 0 Å². The van der Waals surface area contributed by atoms with E-state index in [9.17, 15) is 4.79 Å². The lowest BCUT2D eigenvalue weighted by Crippen LogP contribution is -2.38. The van der Waals surface area contributed by atoms with Crippen LogP contribution in [0.25, 0.3) is 0 Å². The number of fused-ring (bicyclic) bond motifs is 1. The maximum absolute atomic E-state index is 12.4. The Hall–Kier alpha value is -2.34. The SMILES string of the molecule is COc1ccc2c(c1)C[C@@H](NC[C@@H]1CC(=O)N(C)[C@H]1c1cnn(C)c1C)CC2. The Bertz CT molecular complexity index is 875. The molecule has 4 rings (SSSR count). The summed E-state index contributed by atoms with van der Waals surface area (Å²) in [6.07, 6.45) is 5.75. The summed E-state index contributed by atoms with van der Waals surface area (Å²) >= 11 is 0. The summed E-state index contributed by atoms with van der Waals surface area (Å²) in [6, 6.07) is 6.95. The molecule has 1 N–H and O–H groups in total. The molecule has 0 bridgehead atoms. The number of amides is 1. The highest BCUT2D eigenvalue weighted by Gasteiger charge is 2.40. The monoisotopic (exact) mass is 382 g/mol. The van der Waals surface area contributed by atoms with Crippen molar-refractivity contribution in [3.63, 3.8) is 0 Å². The maximum atomic E-state index is 12.4. The van der Waals surface area contributed by atoms with Crippen LogP contribution in [-0.4, -0.2) is 47.3 Å². The van der Waals surface area contributed by atoms with Gasteiger partial charge < -0.3 is 15.0 Å². The number of rotatable bonds is 5. The highest BCUT2D eigenvalue weighted by Crippen LogP contribution is 2.38. The molecule has 1 amide bonds. The Morgan fingerprint density at radius 1 is 1.25 bits per heavy atom. The number of likely N-dealkylation sites (tertiary alicyclic amines) is 1. The number of aryl methyl sites for hydroxylation is 2. The minimum Gasteiger partial charge on any atom is -0.497 e. The summed E-state index contributed by atoms with van der Waals surface area (Å²) in [5.74, 6) is 1.42. The number of ether oxygens (including phenoxy) is 1. The van der Waals surface area contributed by atoms with E-state index in [2.05, 4.69) is 29.5 Å². The molecule has 2 aliphatic rings. The number of carbonyl (C=O) groups is 1. The molecule has 1 aromatic carbocycles. The third-order valence-corrected chi connectivity index (χ3v) is 6.60. The minimum absolute atomic E-state index is 0.102. The largest absolute Gasteiger partial charge is 0.497 e. The van der Waals surface area contributed by atoms with Crippen LogP contribution in [0, 0.1) is 12.8 Å².